The molecule has 10 atom stereocenters. The van der Waals surface area contributed by atoms with Crippen LogP contribution in [0.4, 0.5) is 0 Å². The molecule has 6 fully saturated rings. The minimum atomic E-state index is -0.186. The number of nitriles is 1. The SMILES string of the molecule is C=C(C)[C@@H]1CC[C@]2(C(=O)N3CCN(C)CC3)CC[C@]3(C)[C@H](CC[C@@H]4[C@@]5(C)CC[C@H](OCCC#N)C(C)(C)[C@@H]5CC[C@]43C)[C@@H]12. The van der Waals surface area contributed by atoms with E-state index in [-0.39, 0.29) is 27.8 Å². The van der Waals surface area contributed by atoms with Gasteiger partial charge in [-0.3, -0.25) is 4.79 Å². The Balaban J connectivity index is 1.31. The van der Waals surface area contributed by atoms with Gasteiger partial charge in [0.2, 0.25) is 5.91 Å². The second-order valence-electron chi connectivity index (χ2n) is 17.6. The fraction of sp³-hybridized carbons (Fsp3) is 0.895. The number of fused-ring (bicyclic) bond motifs is 7. The topological polar surface area (TPSA) is 56.6 Å². The molecule has 5 saturated carbocycles. The van der Waals surface area contributed by atoms with Gasteiger partial charge in [0, 0.05) is 26.2 Å². The summed E-state index contributed by atoms with van der Waals surface area (Å²) in [5.41, 5.74) is 2.11. The van der Waals surface area contributed by atoms with Crippen LogP contribution in [0, 0.1) is 68.0 Å². The molecule has 0 aromatic heterocycles. The molecule has 1 amide bonds. The second kappa shape index (κ2) is 10.9. The number of piperazine rings is 1. The first-order valence-electron chi connectivity index (χ1n) is 17.9. The lowest BCUT2D eigenvalue weighted by atomic mass is 9.32. The van der Waals surface area contributed by atoms with Crippen molar-refractivity contribution in [1.29, 1.82) is 5.26 Å². The Morgan fingerprint density at radius 3 is 2.28 bits per heavy atom. The van der Waals surface area contributed by atoms with Crippen LogP contribution in [-0.4, -0.2) is 61.6 Å². The number of hydrogen-bond donors (Lipinski definition) is 0. The lowest BCUT2D eigenvalue weighted by Crippen LogP contribution is -2.67. The monoisotopic (exact) mass is 591 g/mol. The smallest absolute Gasteiger partial charge is 0.229 e. The van der Waals surface area contributed by atoms with Crippen LogP contribution >= 0.6 is 0 Å². The third kappa shape index (κ3) is 4.45. The number of rotatable bonds is 5. The molecule has 240 valence electrons. The summed E-state index contributed by atoms with van der Waals surface area (Å²) in [6, 6.07) is 2.27. The number of ether oxygens (including phenoxy) is 1. The van der Waals surface area contributed by atoms with Crippen LogP contribution in [0.3, 0.4) is 0 Å². The van der Waals surface area contributed by atoms with Crippen LogP contribution in [0.1, 0.15) is 112 Å². The van der Waals surface area contributed by atoms with E-state index in [9.17, 15) is 4.79 Å². The summed E-state index contributed by atoms with van der Waals surface area (Å²) in [5.74, 6) is 3.38. The molecular weight excluding hydrogens is 530 g/mol. The highest BCUT2D eigenvalue weighted by Gasteiger charge is 2.72. The molecule has 6 aliphatic rings. The van der Waals surface area contributed by atoms with E-state index >= 15 is 0 Å². The Labute approximate surface area is 263 Å². The first-order chi connectivity index (χ1) is 20.3. The van der Waals surface area contributed by atoms with Crippen molar-refractivity contribution < 1.29 is 9.53 Å². The van der Waals surface area contributed by atoms with Crippen molar-refractivity contribution in [2.24, 2.45) is 56.7 Å². The number of hydrogen-bond acceptors (Lipinski definition) is 4. The van der Waals surface area contributed by atoms with Gasteiger partial charge in [0.25, 0.3) is 0 Å². The summed E-state index contributed by atoms with van der Waals surface area (Å²) in [4.78, 5) is 19.3. The zero-order chi connectivity index (χ0) is 31.0. The predicted octanol–water partition coefficient (Wildman–Crippen LogP) is 7.72. The van der Waals surface area contributed by atoms with Crippen molar-refractivity contribution in [3.05, 3.63) is 12.2 Å². The highest BCUT2D eigenvalue weighted by atomic mass is 16.5. The van der Waals surface area contributed by atoms with Crippen molar-refractivity contribution in [1.82, 2.24) is 9.80 Å². The quantitative estimate of drug-likeness (QED) is 0.243. The number of carbonyl (C=O) groups excluding carboxylic acids is 1. The molecule has 1 saturated heterocycles. The van der Waals surface area contributed by atoms with Crippen LogP contribution in [0.15, 0.2) is 12.2 Å². The molecule has 5 nitrogen and oxygen atoms in total. The van der Waals surface area contributed by atoms with Gasteiger partial charge in [-0.2, -0.15) is 5.26 Å². The van der Waals surface area contributed by atoms with Gasteiger partial charge in [0.1, 0.15) is 0 Å². The van der Waals surface area contributed by atoms with Crippen LogP contribution in [-0.2, 0) is 9.53 Å². The van der Waals surface area contributed by atoms with Gasteiger partial charge in [-0.05, 0) is 129 Å². The number of carbonyl (C=O) groups is 1. The fourth-order valence-corrected chi connectivity index (χ4v) is 13.4. The molecule has 0 aromatic carbocycles. The zero-order valence-electron chi connectivity index (χ0n) is 28.6. The van der Waals surface area contributed by atoms with Crippen LogP contribution < -0.4 is 0 Å². The summed E-state index contributed by atoms with van der Waals surface area (Å²) >= 11 is 0. The van der Waals surface area contributed by atoms with Gasteiger partial charge in [-0.15, -0.1) is 0 Å². The van der Waals surface area contributed by atoms with Crippen molar-refractivity contribution in [3.8, 4) is 6.07 Å². The third-order valence-corrected chi connectivity index (χ3v) is 15.8. The van der Waals surface area contributed by atoms with Gasteiger partial charge in [0.05, 0.1) is 30.6 Å². The zero-order valence-corrected chi connectivity index (χ0v) is 28.6. The summed E-state index contributed by atoms with van der Waals surface area (Å²) < 4.78 is 6.40. The average molecular weight is 592 g/mol. The molecule has 5 heteroatoms. The van der Waals surface area contributed by atoms with Crippen molar-refractivity contribution >= 4 is 5.91 Å². The summed E-state index contributed by atoms with van der Waals surface area (Å²) in [5, 5.41) is 9.10. The van der Waals surface area contributed by atoms with Crippen molar-refractivity contribution in [2.75, 3.05) is 39.8 Å². The van der Waals surface area contributed by atoms with Crippen LogP contribution in [0.5, 0.6) is 0 Å². The van der Waals surface area contributed by atoms with E-state index in [1.807, 2.05) is 0 Å². The van der Waals surface area contributed by atoms with E-state index in [1.165, 1.54) is 44.1 Å². The minimum Gasteiger partial charge on any atom is -0.377 e. The second-order valence-corrected chi connectivity index (χ2v) is 17.6. The van der Waals surface area contributed by atoms with Gasteiger partial charge < -0.3 is 14.5 Å². The van der Waals surface area contributed by atoms with E-state index < -0.39 is 0 Å². The summed E-state index contributed by atoms with van der Waals surface area (Å²) in [6.45, 7) is 24.1. The molecule has 0 aromatic rings. The van der Waals surface area contributed by atoms with E-state index in [4.69, 9.17) is 10.00 Å². The highest BCUT2D eigenvalue weighted by Crippen LogP contribution is 2.77. The molecule has 0 N–H and O–H groups in total. The molecule has 0 bridgehead atoms. The molecule has 6 rings (SSSR count). The Kier molecular flexibility index (Phi) is 7.98. The predicted molar refractivity (Wildman–Crippen MR) is 173 cm³/mol. The van der Waals surface area contributed by atoms with Gasteiger partial charge in [-0.1, -0.05) is 46.8 Å². The third-order valence-electron chi connectivity index (χ3n) is 15.8. The maximum absolute atomic E-state index is 14.7. The van der Waals surface area contributed by atoms with E-state index in [0.717, 1.165) is 51.9 Å². The van der Waals surface area contributed by atoms with E-state index in [0.29, 0.717) is 53.9 Å². The van der Waals surface area contributed by atoms with E-state index in [1.54, 1.807) is 0 Å². The summed E-state index contributed by atoms with van der Waals surface area (Å²) in [6.07, 6.45) is 12.7. The highest BCUT2D eigenvalue weighted by molar-refractivity contribution is 5.84. The Morgan fingerprint density at radius 1 is 0.884 bits per heavy atom. The van der Waals surface area contributed by atoms with Crippen molar-refractivity contribution in [3.63, 3.8) is 0 Å². The molecule has 0 unspecified atom stereocenters. The standard InChI is InChI=1S/C38H61N3O2/c1-26(2)27-12-17-38(33(42)41-23-21-40(8)22-24-41)19-18-36(6)28(32(27)38)10-11-30-35(5)15-14-31(43-25-9-20-39)34(3,4)29(35)13-16-37(30,36)7/h27-32H,1,9-19,21-25H2,2-8H3/t27-,28+,29-,30+,31-,32+,35-,36+,37+,38-/m0/s1. The Hall–Kier alpha value is -1.38. The number of allylic oxidation sites excluding steroid dienone is 1. The molecule has 5 aliphatic carbocycles. The molecule has 43 heavy (non-hydrogen) atoms. The molecule has 1 aliphatic heterocycles. The van der Waals surface area contributed by atoms with Crippen LogP contribution in [0.2, 0.25) is 0 Å². The number of likely N-dealkylation sites (N-methyl/N-ethyl adjacent to an activating group) is 1. The normalized spacial score (nSPS) is 47.4. The average Bonchev–Trinajstić information content (AvgIpc) is 3.36. The van der Waals surface area contributed by atoms with Crippen molar-refractivity contribution in [2.45, 2.75) is 118 Å². The number of nitrogens with zero attached hydrogens (tertiary/aromatic N) is 3. The molecule has 0 spiro atoms. The minimum absolute atomic E-state index is 0.120. The largest absolute Gasteiger partial charge is 0.377 e. The molecular formula is C38H61N3O2. The first kappa shape index (κ1) is 31.6. The van der Waals surface area contributed by atoms with E-state index in [2.05, 4.69) is 71.0 Å². The van der Waals surface area contributed by atoms with Gasteiger partial charge in [0.15, 0.2) is 0 Å². The Morgan fingerprint density at radius 2 is 1.60 bits per heavy atom. The maximum Gasteiger partial charge on any atom is 0.229 e. The number of amides is 1. The molecule has 1 heterocycles. The van der Waals surface area contributed by atoms with Crippen LogP contribution in [0.25, 0.3) is 0 Å². The maximum atomic E-state index is 14.7. The first-order valence-corrected chi connectivity index (χ1v) is 17.9. The fourth-order valence-electron chi connectivity index (χ4n) is 13.4. The lowest BCUT2D eigenvalue weighted by Gasteiger charge is -2.73. The summed E-state index contributed by atoms with van der Waals surface area (Å²) in [7, 11) is 2.19. The van der Waals surface area contributed by atoms with Gasteiger partial charge in [-0.25, -0.2) is 0 Å². The Bertz CT molecular complexity index is 1150. The van der Waals surface area contributed by atoms with Gasteiger partial charge >= 0.3 is 0 Å². The lowest BCUT2D eigenvalue weighted by molar-refractivity contribution is -0.251. The molecule has 0 radical (unpaired) electrons.